The van der Waals surface area contributed by atoms with Crippen LogP contribution >= 0.6 is 11.6 Å². The number of nitrogens with one attached hydrogen (secondary N) is 1. The second-order valence-electron chi connectivity index (χ2n) is 8.37. The van der Waals surface area contributed by atoms with E-state index in [1.807, 2.05) is 73.7 Å². The number of hydrogen-bond donors (Lipinski definition) is 1. The fraction of sp³-hybridized carbons (Fsp3) is 0.286. The van der Waals surface area contributed by atoms with Crippen LogP contribution in [0.25, 0.3) is 11.0 Å². The summed E-state index contributed by atoms with van der Waals surface area (Å²) in [5.41, 5.74) is 4.26. The van der Waals surface area contributed by atoms with Crippen LogP contribution < -0.4 is 10.1 Å². The van der Waals surface area contributed by atoms with Gasteiger partial charge < -0.3 is 14.6 Å². The quantitative estimate of drug-likeness (QED) is 0.281. The molecule has 1 N–H and O–H groups in total. The molecule has 1 aromatic heterocycles. The highest BCUT2D eigenvalue weighted by molar-refractivity contribution is 6.31. The molecule has 5 nitrogen and oxygen atoms in total. The van der Waals surface area contributed by atoms with Crippen LogP contribution in [0.4, 0.5) is 0 Å². The predicted octanol–water partition coefficient (Wildman–Crippen LogP) is 5.76. The van der Waals surface area contributed by atoms with Crippen LogP contribution in [0, 0.1) is 6.92 Å². The van der Waals surface area contributed by atoms with Crippen LogP contribution in [0.1, 0.15) is 29.8 Å². The number of rotatable bonds is 11. The first kappa shape index (κ1) is 23.8. The third kappa shape index (κ3) is 6.39. The molecule has 0 aliphatic carbocycles. The number of carbonyl (C=O) groups excluding carboxylic acids is 1. The van der Waals surface area contributed by atoms with Crippen LogP contribution in [0.5, 0.6) is 5.75 Å². The topological polar surface area (TPSA) is 56.1 Å². The number of para-hydroxylation sites is 2. The van der Waals surface area contributed by atoms with Crippen molar-refractivity contribution in [2.24, 2.45) is 0 Å². The largest absolute Gasteiger partial charge is 0.494 e. The molecule has 4 rings (SSSR count). The molecule has 0 saturated heterocycles. The Balaban J connectivity index is 1.30. The van der Waals surface area contributed by atoms with Crippen molar-refractivity contribution < 1.29 is 9.53 Å². The molecule has 0 aliphatic heterocycles. The summed E-state index contributed by atoms with van der Waals surface area (Å²) in [5, 5.41) is 3.79. The molecule has 0 radical (unpaired) electrons. The molecular weight excluding hydrogens is 446 g/mol. The summed E-state index contributed by atoms with van der Waals surface area (Å²) in [6.07, 6.45) is 2.77. The molecule has 34 heavy (non-hydrogen) atoms. The highest BCUT2D eigenvalue weighted by Crippen LogP contribution is 2.21. The molecule has 176 valence electrons. The zero-order chi connectivity index (χ0) is 23.8. The van der Waals surface area contributed by atoms with Crippen molar-refractivity contribution in [1.82, 2.24) is 14.9 Å². The van der Waals surface area contributed by atoms with Gasteiger partial charge in [-0.1, -0.05) is 54.1 Å². The van der Waals surface area contributed by atoms with Gasteiger partial charge in [-0.15, -0.1) is 0 Å². The van der Waals surface area contributed by atoms with E-state index in [2.05, 4.69) is 16.0 Å². The van der Waals surface area contributed by atoms with E-state index >= 15 is 0 Å². The van der Waals surface area contributed by atoms with Crippen LogP contribution in [0.2, 0.25) is 5.02 Å². The second kappa shape index (κ2) is 11.7. The standard InChI is InChI=1S/C28H30ClN3O2/c1-21-20-23(13-14-24(21)29)34-19-7-18-32-26-11-6-5-10-25(26)31-27(32)16-17-30-28(33)15-12-22-8-3-2-4-9-22/h2-6,8-11,13-14,20H,7,12,15-19H2,1H3,(H,30,33). The van der Waals surface area contributed by atoms with Crippen molar-refractivity contribution in [3.8, 4) is 5.75 Å². The lowest BCUT2D eigenvalue weighted by atomic mass is 10.1. The van der Waals surface area contributed by atoms with E-state index in [1.54, 1.807) is 0 Å². The molecule has 6 heteroatoms. The minimum atomic E-state index is 0.0678. The number of carbonyl (C=O) groups is 1. The number of nitrogens with zero attached hydrogens (tertiary/aromatic N) is 2. The number of aromatic nitrogens is 2. The smallest absolute Gasteiger partial charge is 0.220 e. The van der Waals surface area contributed by atoms with Crippen molar-refractivity contribution in [2.45, 2.75) is 39.2 Å². The highest BCUT2D eigenvalue weighted by Gasteiger charge is 2.11. The number of aryl methyl sites for hydroxylation is 3. The Hall–Kier alpha value is -3.31. The number of imidazole rings is 1. The number of fused-ring (bicyclic) bond motifs is 1. The van der Waals surface area contributed by atoms with E-state index < -0.39 is 0 Å². The van der Waals surface area contributed by atoms with E-state index in [-0.39, 0.29) is 5.91 Å². The summed E-state index contributed by atoms with van der Waals surface area (Å²) in [4.78, 5) is 17.1. The lowest BCUT2D eigenvalue weighted by Gasteiger charge is -2.11. The van der Waals surface area contributed by atoms with Crippen LogP contribution in [-0.4, -0.2) is 28.6 Å². The Labute approximate surface area is 205 Å². The van der Waals surface area contributed by atoms with E-state index in [0.29, 0.717) is 26.0 Å². The fourth-order valence-corrected chi connectivity index (χ4v) is 4.11. The van der Waals surface area contributed by atoms with Gasteiger partial charge in [0.05, 0.1) is 17.6 Å². The molecule has 0 saturated carbocycles. The van der Waals surface area contributed by atoms with Crippen LogP contribution in [0.3, 0.4) is 0 Å². The number of benzene rings is 3. The Bertz CT molecular complexity index is 1240. The van der Waals surface area contributed by atoms with Gasteiger partial charge in [0, 0.05) is 31.0 Å². The van der Waals surface area contributed by atoms with Crippen molar-refractivity contribution in [2.75, 3.05) is 13.2 Å². The van der Waals surface area contributed by atoms with Gasteiger partial charge in [-0.3, -0.25) is 4.79 Å². The van der Waals surface area contributed by atoms with Crippen LogP contribution in [0.15, 0.2) is 72.8 Å². The Morgan fingerprint density at radius 1 is 1.03 bits per heavy atom. The minimum absolute atomic E-state index is 0.0678. The maximum absolute atomic E-state index is 12.3. The fourth-order valence-electron chi connectivity index (χ4n) is 3.99. The zero-order valence-electron chi connectivity index (χ0n) is 19.5. The second-order valence-corrected chi connectivity index (χ2v) is 8.77. The van der Waals surface area contributed by atoms with Gasteiger partial charge in [0.15, 0.2) is 0 Å². The number of hydrogen-bond acceptors (Lipinski definition) is 3. The van der Waals surface area contributed by atoms with Gasteiger partial charge in [-0.25, -0.2) is 4.98 Å². The van der Waals surface area contributed by atoms with Gasteiger partial charge in [0.25, 0.3) is 0 Å². The Morgan fingerprint density at radius 3 is 2.65 bits per heavy atom. The van der Waals surface area contributed by atoms with E-state index in [4.69, 9.17) is 21.3 Å². The molecule has 0 bridgehead atoms. The predicted molar refractivity (Wildman–Crippen MR) is 138 cm³/mol. The summed E-state index contributed by atoms with van der Waals surface area (Å²) >= 11 is 6.10. The Morgan fingerprint density at radius 2 is 1.82 bits per heavy atom. The maximum atomic E-state index is 12.3. The molecule has 0 atom stereocenters. The normalized spacial score (nSPS) is 11.0. The highest BCUT2D eigenvalue weighted by atomic mass is 35.5. The van der Waals surface area contributed by atoms with Gasteiger partial charge >= 0.3 is 0 Å². The van der Waals surface area contributed by atoms with E-state index in [0.717, 1.165) is 52.6 Å². The van der Waals surface area contributed by atoms with Crippen LogP contribution in [-0.2, 0) is 24.2 Å². The van der Waals surface area contributed by atoms with Gasteiger partial charge in [-0.05, 0) is 61.2 Å². The summed E-state index contributed by atoms with van der Waals surface area (Å²) < 4.78 is 8.16. The first-order valence-electron chi connectivity index (χ1n) is 11.7. The molecule has 4 aromatic rings. The summed E-state index contributed by atoms with van der Waals surface area (Å²) in [5.74, 6) is 1.88. The third-order valence-electron chi connectivity index (χ3n) is 5.81. The molecular formula is C28H30ClN3O2. The number of halogens is 1. The van der Waals surface area contributed by atoms with Gasteiger partial charge in [-0.2, -0.15) is 0 Å². The first-order valence-corrected chi connectivity index (χ1v) is 12.1. The van der Waals surface area contributed by atoms with Gasteiger partial charge in [0.2, 0.25) is 5.91 Å². The zero-order valence-corrected chi connectivity index (χ0v) is 20.2. The number of amides is 1. The maximum Gasteiger partial charge on any atom is 0.220 e. The molecule has 1 amide bonds. The summed E-state index contributed by atoms with van der Waals surface area (Å²) in [6.45, 7) is 3.94. The lowest BCUT2D eigenvalue weighted by molar-refractivity contribution is -0.121. The SMILES string of the molecule is Cc1cc(OCCCn2c(CCNC(=O)CCc3ccccc3)nc3ccccc32)ccc1Cl. The lowest BCUT2D eigenvalue weighted by Crippen LogP contribution is -2.26. The average molecular weight is 476 g/mol. The first-order chi connectivity index (χ1) is 16.6. The monoisotopic (exact) mass is 475 g/mol. The van der Waals surface area contributed by atoms with Crippen molar-refractivity contribution in [3.63, 3.8) is 0 Å². The molecule has 0 spiro atoms. The van der Waals surface area contributed by atoms with E-state index in [9.17, 15) is 4.79 Å². The summed E-state index contributed by atoms with van der Waals surface area (Å²) in [7, 11) is 0. The minimum Gasteiger partial charge on any atom is -0.494 e. The molecule has 0 fully saturated rings. The average Bonchev–Trinajstić information content (AvgIpc) is 3.20. The number of ether oxygens (including phenoxy) is 1. The van der Waals surface area contributed by atoms with Gasteiger partial charge in [0.1, 0.15) is 11.6 Å². The summed E-state index contributed by atoms with van der Waals surface area (Å²) in [6, 6.07) is 24.0. The molecule has 0 unspecified atom stereocenters. The van der Waals surface area contributed by atoms with Crippen molar-refractivity contribution in [1.29, 1.82) is 0 Å². The van der Waals surface area contributed by atoms with Crippen molar-refractivity contribution >= 4 is 28.5 Å². The third-order valence-corrected chi connectivity index (χ3v) is 6.24. The molecule has 1 heterocycles. The molecule has 0 aliphatic rings. The molecule has 3 aromatic carbocycles. The van der Waals surface area contributed by atoms with E-state index in [1.165, 1.54) is 5.56 Å². The Kier molecular flexibility index (Phi) is 8.21. The van der Waals surface area contributed by atoms with Crippen molar-refractivity contribution in [3.05, 3.63) is 94.8 Å².